The summed E-state index contributed by atoms with van der Waals surface area (Å²) in [6, 6.07) is 5.49. The lowest BCUT2D eigenvalue weighted by Crippen LogP contribution is -2.52. The van der Waals surface area contributed by atoms with Gasteiger partial charge in [0.25, 0.3) is 0 Å². The van der Waals surface area contributed by atoms with Crippen molar-refractivity contribution in [3.05, 3.63) is 33.8 Å². The molecule has 0 spiro atoms. The molecule has 4 nitrogen and oxygen atoms in total. The molecule has 1 fully saturated rings. The second-order valence-corrected chi connectivity index (χ2v) is 7.67. The third kappa shape index (κ3) is 5.50. The van der Waals surface area contributed by atoms with Gasteiger partial charge >= 0.3 is 0 Å². The number of amides is 1. The molecule has 0 heterocycles. The lowest BCUT2D eigenvalue weighted by atomic mass is 9.78. The molecule has 132 valence electrons. The molecule has 1 saturated carbocycles. The molecule has 3 atom stereocenters. The molecular weight excluding hydrogens is 365 g/mol. The average Bonchev–Trinajstić information content (AvgIpc) is 2.53. The minimum absolute atomic E-state index is 0.192. The zero-order valence-electron chi connectivity index (χ0n) is 13.9. The van der Waals surface area contributed by atoms with Crippen LogP contribution in [-0.2, 0) is 11.2 Å². The van der Waals surface area contributed by atoms with Crippen LogP contribution in [0.2, 0.25) is 10.0 Å². The van der Waals surface area contributed by atoms with Gasteiger partial charge in [0.2, 0.25) is 5.91 Å². The summed E-state index contributed by atoms with van der Waals surface area (Å²) >= 11 is 17.1. The van der Waals surface area contributed by atoms with E-state index < -0.39 is 0 Å². The number of rotatable bonds is 3. The van der Waals surface area contributed by atoms with Gasteiger partial charge in [0.15, 0.2) is 5.11 Å². The van der Waals surface area contributed by atoms with Gasteiger partial charge in [0.05, 0.1) is 16.5 Å². The number of nitrogens with one attached hydrogen (secondary N) is 3. The molecule has 1 amide bonds. The summed E-state index contributed by atoms with van der Waals surface area (Å²) < 4.78 is 0. The van der Waals surface area contributed by atoms with E-state index in [0.29, 0.717) is 33.0 Å². The summed E-state index contributed by atoms with van der Waals surface area (Å²) in [6.45, 7) is 4.51. The van der Waals surface area contributed by atoms with Crippen LogP contribution in [-0.4, -0.2) is 17.1 Å². The highest BCUT2D eigenvalue weighted by molar-refractivity contribution is 7.80. The quantitative estimate of drug-likeness (QED) is 0.544. The minimum atomic E-state index is -0.192. The lowest BCUT2D eigenvalue weighted by Gasteiger charge is -2.35. The van der Waals surface area contributed by atoms with Crippen LogP contribution in [0.15, 0.2) is 18.2 Å². The maximum absolute atomic E-state index is 12.0. The molecule has 0 aromatic heterocycles. The lowest BCUT2D eigenvalue weighted by molar-refractivity contribution is -0.121. The first-order chi connectivity index (χ1) is 11.4. The topological polar surface area (TPSA) is 53.2 Å². The molecule has 1 aromatic rings. The van der Waals surface area contributed by atoms with E-state index in [4.69, 9.17) is 35.4 Å². The maximum atomic E-state index is 12.0. The number of hydrogen-bond acceptors (Lipinski definition) is 2. The van der Waals surface area contributed by atoms with Crippen LogP contribution in [0.5, 0.6) is 0 Å². The fraction of sp³-hybridized carbons (Fsp3) is 0.529. The van der Waals surface area contributed by atoms with E-state index in [1.807, 2.05) is 0 Å². The number of benzene rings is 1. The van der Waals surface area contributed by atoms with Gasteiger partial charge in [-0.1, -0.05) is 56.0 Å². The van der Waals surface area contributed by atoms with Crippen LogP contribution < -0.4 is 16.2 Å². The van der Waals surface area contributed by atoms with Gasteiger partial charge in [-0.3, -0.25) is 15.6 Å². The SMILES string of the molecule is C[C@@H]1[C@H](C)CCC[C@H]1NC(=S)NNC(=O)Cc1ccc(Cl)c(Cl)c1. The third-order valence-corrected chi connectivity index (χ3v) is 5.65. The monoisotopic (exact) mass is 387 g/mol. The first-order valence-electron chi connectivity index (χ1n) is 8.16. The second kappa shape index (κ2) is 8.88. The van der Waals surface area contributed by atoms with Gasteiger partial charge in [0.1, 0.15) is 0 Å². The fourth-order valence-corrected chi connectivity index (χ4v) is 3.52. The molecule has 7 heteroatoms. The highest BCUT2D eigenvalue weighted by atomic mass is 35.5. The van der Waals surface area contributed by atoms with Crippen molar-refractivity contribution in [2.75, 3.05) is 0 Å². The van der Waals surface area contributed by atoms with E-state index in [1.165, 1.54) is 12.8 Å². The van der Waals surface area contributed by atoms with Crippen LogP contribution in [0.4, 0.5) is 0 Å². The first-order valence-corrected chi connectivity index (χ1v) is 9.32. The van der Waals surface area contributed by atoms with Crippen molar-refractivity contribution in [2.24, 2.45) is 11.8 Å². The van der Waals surface area contributed by atoms with Crippen molar-refractivity contribution in [3.8, 4) is 0 Å². The normalized spacial score (nSPS) is 23.4. The predicted octanol–water partition coefficient (Wildman–Crippen LogP) is 3.86. The van der Waals surface area contributed by atoms with Gasteiger partial charge < -0.3 is 5.32 Å². The Labute approximate surface area is 158 Å². The van der Waals surface area contributed by atoms with E-state index in [1.54, 1.807) is 18.2 Å². The molecule has 0 radical (unpaired) electrons. The molecule has 24 heavy (non-hydrogen) atoms. The molecule has 0 bridgehead atoms. The maximum Gasteiger partial charge on any atom is 0.242 e. The van der Waals surface area contributed by atoms with Crippen molar-refractivity contribution in [3.63, 3.8) is 0 Å². The zero-order valence-corrected chi connectivity index (χ0v) is 16.2. The number of hydrogen-bond donors (Lipinski definition) is 3. The third-order valence-electron chi connectivity index (χ3n) is 4.69. The summed E-state index contributed by atoms with van der Waals surface area (Å²) in [4.78, 5) is 12.0. The molecule has 1 aliphatic rings. The summed E-state index contributed by atoms with van der Waals surface area (Å²) in [5.74, 6) is 1.05. The van der Waals surface area contributed by atoms with E-state index >= 15 is 0 Å². The van der Waals surface area contributed by atoms with Crippen molar-refractivity contribution in [1.82, 2.24) is 16.2 Å². The fourth-order valence-electron chi connectivity index (χ4n) is 3.00. The Bertz CT molecular complexity index is 611. The Hall–Kier alpha value is -1.04. The van der Waals surface area contributed by atoms with Crippen LogP contribution >= 0.6 is 35.4 Å². The zero-order chi connectivity index (χ0) is 17.7. The molecule has 0 aliphatic heterocycles. The molecule has 3 N–H and O–H groups in total. The van der Waals surface area contributed by atoms with Crippen molar-refractivity contribution >= 4 is 46.4 Å². The van der Waals surface area contributed by atoms with Crippen molar-refractivity contribution in [2.45, 2.75) is 45.6 Å². The van der Waals surface area contributed by atoms with Gasteiger partial charge in [-0.2, -0.15) is 0 Å². The summed E-state index contributed by atoms with van der Waals surface area (Å²) in [7, 11) is 0. The molecule has 1 aliphatic carbocycles. The molecule has 0 saturated heterocycles. The van der Waals surface area contributed by atoms with Crippen LogP contribution in [0.3, 0.4) is 0 Å². The summed E-state index contributed by atoms with van der Waals surface area (Å²) in [5, 5.41) is 4.66. The highest BCUT2D eigenvalue weighted by Gasteiger charge is 2.27. The van der Waals surface area contributed by atoms with Gasteiger partial charge in [0, 0.05) is 6.04 Å². The Morgan fingerprint density at radius 1 is 1.21 bits per heavy atom. The minimum Gasteiger partial charge on any atom is -0.358 e. The second-order valence-electron chi connectivity index (χ2n) is 6.45. The Balaban J connectivity index is 1.76. The molecule has 1 aromatic carbocycles. The number of carbonyl (C=O) groups is 1. The molecular formula is C17H23Cl2N3OS. The van der Waals surface area contributed by atoms with Gasteiger partial charge in [-0.15, -0.1) is 0 Å². The van der Waals surface area contributed by atoms with E-state index in [-0.39, 0.29) is 12.3 Å². The van der Waals surface area contributed by atoms with Crippen LogP contribution in [0.25, 0.3) is 0 Å². The number of hydrazine groups is 1. The highest BCUT2D eigenvalue weighted by Crippen LogP contribution is 2.29. The van der Waals surface area contributed by atoms with E-state index in [9.17, 15) is 4.79 Å². The van der Waals surface area contributed by atoms with Gasteiger partial charge in [-0.05, 0) is 48.2 Å². The molecule has 0 unspecified atom stereocenters. The van der Waals surface area contributed by atoms with Crippen LogP contribution in [0, 0.1) is 11.8 Å². The van der Waals surface area contributed by atoms with Crippen LogP contribution in [0.1, 0.15) is 38.7 Å². The standard InChI is InChI=1S/C17H23Cl2N3OS/c1-10-4-3-5-15(11(10)2)20-17(24)22-21-16(23)9-12-6-7-13(18)14(19)8-12/h6-8,10-11,15H,3-5,9H2,1-2H3,(H,21,23)(H2,20,22,24)/t10-,11-,15-/m1/s1. The van der Waals surface area contributed by atoms with E-state index in [0.717, 1.165) is 12.0 Å². The Kier molecular flexibility index (Phi) is 7.14. The number of halogens is 2. The largest absolute Gasteiger partial charge is 0.358 e. The van der Waals surface area contributed by atoms with Gasteiger partial charge in [-0.25, -0.2) is 0 Å². The predicted molar refractivity (Wildman–Crippen MR) is 103 cm³/mol. The Morgan fingerprint density at radius 3 is 2.67 bits per heavy atom. The average molecular weight is 388 g/mol. The summed E-state index contributed by atoms with van der Waals surface area (Å²) in [6.07, 6.45) is 3.77. The van der Waals surface area contributed by atoms with Crippen molar-refractivity contribution in [1.29, 1.82) is 0 Å². The smallest absolute Gasteiger partial charge is 0.242 e. The van der Waals surface area contributed by atoms with Crippen molar-refractivity contribution < 1.29 is 4.79 Å². The first kappa shape index (κ1) is 19.3. The Morgan fingerprint density at radius 2 is 1.96 bits per heavy atom. The summed E-state index contributed by atoms with van der Waals surface area (Å²) in [5.41, 5.74) is 6.17. The number of thiocarbonyl (C=S) groups is 1. The molecule has 2 rings (SSSR count). The number of carbonyl (C=O) groups excluding carboxylic acids is 1. The van der Waals surface area contributed by atoms with E-state index in [2.05, 4.69) is 30.0 Å².